The van der Waals surface area contributed by atoms with Crippen molar-refractivity contribution in [2.45, 2.75) is 13.0 Å². The van der Waals surface area contributed by atoms with Gasteiger partial charge in [0.05, 0.1) is 7.11 Å². The van der Waals surface area contributed by atoms with Crippen LogP contribution in [-0.4, -0.2) is 37.8 Å². The molecule has 0 aromatic carbocycles. The molecule has 1 atom stereocenters. The number of aromatic nitrogens is 1. The minimum atomic E-state index is 0.505. The van der Waals surface area contributed by atoms with E-state index in [9.17, 15) is 0 Å². The number of ether oxygens (including phenoxy) is 1. The molecule has 15 heavy (non-hydrogen) atoms. The molecule has 0 saturated carbocycles. The minimum Gasteiger partial charge on any atom is -0.493 e. The Hall–Kier alpha value is -1.29. The molecular weight excluding hydrogens is 190 g/mol. The summed E-state index contributed by atoms with van der Waals surface area (Å²) < 4.78 is 5.31. The topological polar surface area (TPSA) is 37.4 Å². The number of anilines is 1. The van der Waals surface area contributed by atoms with Gasteiger partial charge in [-0.25, -0.2) is 4.98 Å². The van der Waals surface area contributed by atoms with Crippen LogP contribution in [0.4, 0.5) is 5.82 Å². The number of methoxy groups -OCH3 is 1. The predicted molar refractivity (Wildman–Crippen MR) is 60.5 cm³/mol. The lowest BCUT2D eigenvalue weighted by atomic mass is 10.2. The highest BCUT2D eigenvalue weighted by molar-refractivity contribution is 5.52. The Morgan fingerprint density at radius 1 is 1.60 bits per heavy atom. The first-order valence-corrected chi connectivity index (χ1v) is 5.28. The maximum absolute atomic E-state index is 5.31. The van der Waals surface area contributed by atoms with Gasteiger partial charge < -0.3 is 15.0 Å². The van der Waals surface area contributed by atoms with Crippen molar-refractivity contribution in [3.05, 3.63) is 18.3 Å². The van der Waals surface area contributed by atoms with Gasteiger partial charge >= 0.3 is 0 Å². The van der Waals surface area contributed by atoms with E-state index in [1.165, 1.54) is 0 Å². The number of pyridine rings is 1. The van der Waals surface area contributed by atoms with Crippen molar-refractivity contribution in [1.82, 2.24) is 10.3 Å². The molecule has 0 aliphatic carbocycles. The number of piperazine rings is 1. The van der Waals surface area contributed by atoms with Gasteiger partial charge in [0, 0.05) is 31.9 Å². The zero-order chi connectivity index (χ0) is 10.7. The molecule has 0 spiro atoms. The third kappa shape index (κ3) is 2.21. The van der Waals surface area contributed by atoms with E-state index in [-0.39, 0.29) is 0 Å². The van der Waals surface area contributed by atoms with Gasteiger partial charge in [0.25, 0.3) is 0 Å². The van der Waals surface area contributed by atoms with E-state index in [0.717, 1.165) is 31.2 Å². The monoisotopic (exact) mass is 207 g/mol. The molecular formula is C11H17N3O. The van der Waals surface area contributed by atoms with Crippen LogP contribution in [0.5, 0.6) is 5.75 Å². The Labute approximate surface area is 90.3 Å². The Morgan fingerprint density at radius 3 is 3.20 bits per heavy atom. The second-order valence-corrected chi connectivity index (χ2v) is 3.83. The molecule has 0 radical (unpaired) electrons. The normalized spacial score (nSPS) is 21.5. The van der Waals surface area contributed by atoms with Gasteiger partial charge in [-0.05, 0) is 19.1 Å². The summed E-state index contributed by atoms with van der Waals surface area (Å²) in [4.78, 5) is 6.64. The fourth-order valence-electron chi connectivity index (χ4n) is 1.90. The van der Waals surface area contributed by atoms with Crippen molar-refractivity contribution in [1.29, 1.82) is 0 Å². The summed E-state index contributed by atoms with van der Waals surface area (Å²) >= 11 is 0. The van der Waals surface area contributed by atoms with E-state index in [4.69, 9.17) is 4.74 Å². The molecule has 1 aliphatic rings. The molecule has 4 nitrogen and oxygen atoms in total. The van der Waals surface area contributed by atoms with Crippen LogP contribution >= 0.6 is 0 Å². The predicted octanol–water partition coefficient (Wildman–Crippen LogP) is 0.888. The first-order chi connectivity index (χ1) is 7.31. The fraction of sp³-hybridized carbons (Fsp3) is 0.545. The summed E-state index contributed by atoms with van der Waals surface area (Å²) in [6.45, 7) is 5.15. The molecule has 4 heteroatoms. The highest BCUT2D eigenvalue weighted by Gasteiger charge is 2.19. The maximum Gasteiger partial charge on any atom is 0.171 e. The second kappa shape index (κ2) is 4.49. The van der Waals surface area contributed by atoms with Gasteiger partial charge in [0.1, 0.15) is 0 Å². The van der Waals surface area contributed by atoms with E-state index in [1.807, 2.05) is 18.3 Å². The summed E-state index contributed by atoms with van der Waals surface area (Å²) in [5, 5.41) is 3.41. The number of hydrogen-bond donors (Lipinski definition) is 1. The van der Waals surface area contributed by atoms with E-state index in [0.29, 0.717) is 6.04 Å². The molecule has 2 heterocycles. The van der Waals surface area contributed by atoms with Crippen molar-refractivity contribution in [3.8, 4) is 5.75 Å². The lowest BCUT2D eigenvalue weighted by molar-refractivity contribution is 0.407. The van der Waals surface area contributed by atoms with Crippen molar-refractivity contribution in [2.24, 2.45) is 0 Å². The Bertz CT molecular complexity index is 329. The summed E-state index contributed by atoms with van der Waals surface area (Å²) in [6.07, 6.45) is 1.81. The van der Waals surface area contributed by atoms with Crippen LogP contribution < -0.4 is 15.0 Å². The number of nitrogens with zero attached hydrogens (tertiary/aromatic N) is 2. The minimum absolute atomic E-state index is 0.505. The molecule has 0 unspecified atom stereocenters. The molecule has 1 N–H and O–H groups in total. The van der Waals surface area contributed by atoms with Gasteiger partial charge in [-0.1, -0.05) is 0 Å². The average molecular weight is 207 g/mol. The number of hydrogen-bond acceptors (Lipinski definition) is 4. The van der Waals surface area contributed by atoms with Crippen molar-refractivity contribution in [3.63, 3.8) is 0 Å². The molecule has 0 amide bonds. The smallest absolute Gasteiger partial charge is 0.171 e. The zero-order valence-electron chi connectivity index (χ0n) is 9.23. The molecule has 1 aromatic heterocycles. The first kappa shape index (κ1) is 10.2. The van der Waals surface area contributed by atoms with Crippen LogP contribution in [0.1, 0.15) is 6.92 Å². The molecule has 2 rings (SSSR count). The summed E-state index contributed by atoms with van der Waals surface area (Å²) in [5.41, 5.74) is 0. The average Bonchev–Trinajstić information content (AvgIpc) is 2.29. The number of nitrogens with one attached hydrogen (secondary N) is 1. The Morgan fingerprint density at radius 2 is 2.47 bits per heavy atom. The highest BCUT2D eigenvalue weighted by Crippen LogP contribution is 2.25. The second-order valence-electron chi connectivity index (χ2n) is 3.83. The molecule has 82 valence electrons. The van der Waals surface area contributed by atoms with E-state index >= 15 is 0 Å². The zero-order valence-corrected chi connectivity index (χ0v) is 9.23. The lowest BCUT2D eigenvalue weighted by Gasteiger charge is -2.33. The third-order valence-corrected chi connectivity index (χ3v) is 2.64. The Kier molecular flexibility index (Phi) is 3.06. The van der Waals surface area contributed by atoms with E-state index < -0.39 is 0 Å². The van der Waals surface area contributed by atoms with Crippen molar-refractivity contribution >= 4 is 5.82 Å². The van der Waals surface area contributed by atoms with Crippen LogP contribution in [-0.2, 0) is 0 Å². The molecule has 1 fully saturated rings. The van der Waals surface area contributed by atoms with Gasteiger partial charge in [0.15, 0.2) is 11.6 Å². The summed E-state index contributed by atoms with van der Waals surface area (Å²) in [5.74, 6) is 1.81. The van der Waals surface area contributed by atoms with Gasteiger partial charge in [-0.3, -0.25) is 0 Å². The highest BCUT2D eigenvalue weighted by atomic mass is 16.5. The largest absolute Gasteiger partial charge is 0.493 e. The van der Waals surface area contributed by atoms with Gasteiger partial charge in [-0.2, -0.15) is 0 Å². The van der Waals surface area contributed by atoms with Gasteiger partial charge in [0.2, 0.25) is 0 Å². The third-order valence-electron chi connectivity index (χ3n) is 2.64. The summed E-state index contributed by atoms with van der Waals surface area (Å²) in [6, 6.07) is 4.36. The molecule has 1 aromatic rings. The van der Waals surface area contributed by atoms with Gasteiger partial charge in [-0.15, -0.1) is 0 Å². The fourth-order valence-corrected chi connectivity index (χ4v) is 1.90. The van der Waals surface area contributed by atoms with E-state index in [2.05, 4.69) is 22.1 Å². The van der Waals surface area contributed by atoms with Crippen LogP contribution in [0.2, 0.25) is 0 Å². The molecule has 1 aliphatic heterocycles. The first-order valence-electron chi connectivity index (χ1n) is 5.28. The lowest BCUT2D eigenvalue weighted by Crippen LogP contribution is -2.49. The summed E-state index contributed by atoms with van der Waals surface area (Å²) in [7, 11) is 1.69. The van der Waals surface area contributed by atoms with Crippen molar-refractivity contribution < 1.29 is 4.74 Å². The van der Waals surface area contributed by atoms with E-state index in [1.54, 1.807) is 7.11 Å². The van der Waals surface area contributed by atoms with Crippen LogP contribution in [0.25, 0.3) is 0 Å². The maximum atomic E-state index is 5.31. The Balaban J connectivity index is 2.20. The number of rotatable bonds is 2. The van der Waals surface area contributed by atoms with Crippen LogP contribution in [0.3, 0.4) is 0 Å². The van der Waals surface area contributed by atoms with Crippen LogP contribution in [0.15, 0.2) is 18.3 Å². The quantitative estimate of drug-likeness (QED) is 0.781. The van der Waals surface area contributed by atoms with Crippen LogP contribution in [0, 0.1) is 0 Å². The van der Waals surface area contributed by atoms with Crippen molar-refractivity contribution in [2.75, 3.05) is 31.6 Å². The molecule has 0 bridgehead atoms. The molecule has 1 saturated heterocycles. The SMILES string of the molecule is COc1cccnc1N1CCN[C@@H](C)C1. The standard InChI is InChI=1S/C11H17N3O/c1-9-8-14(7-6-12-9)11-10(15-2)4-3-5-13-11/h3-5,9,12H,6-8H2,1-2H3/t9-/m0/s1.